The second-order valence-electron chi connectivity index (χ2n) is 7.14. The fourth-order valence-corrected chi connectivity index (χ4v) is 3.47. The Labute approximate surface area is 235 Å². The number of benzene rings is 1. The van der Waals surface area contributed by atoms with Crippen molar-refractivity contribution in [3.63, 3.8) is 0 Å². The molecule has 0 saturated carbocycles. The Morgan fingerprint density at radius 1 is 0.585 bits per heavy atom. The van der Waals surface area contributed by atoms with Gasteiger partial charge in [0.15, 0.2) is 0 Å². The van der Waals surface area contributed by atoms with Gasteiger partial charge in [-0.3, -0.25) is 4.55 Å². The molecule has 4 nitrogen and oxygen atoms in total. The summed E-state index contributed by atoms with van der Waals surface area (Å²) in [5.74, 6) is -25.1. The van der Waals surface area contributed by atoms with Crippen LogP contribution in [-0.2, 0) is 10.1 Å². The van der Waals surface area contributed by atoms with E-state index in [4.69, 9.17) is 4.55 Å². The molecule has 0 aliphatic heterocycles. The van der Waals surface area contributed by atoms with E-state index < -0.39 is 80.2 Å². The summed E-state index contributed by atoms with van der Waals surface area (Å²) in [4.78, 5) is -1.37. The Balaban J connectivity index is 0.0000160. The Hall–Kier alpha value is -1.66. The SMILES string of the molecule is O=S(=O)(O)c1ccc(OC(=C(C(F)(F)F)C(C(F)(F)F)(C(F)(F)C(F)(F)F)C(F)(F)C(F)(F)F)C(F)(F)F)cc1.[Na]. The second kappa shape index (κ2) is 11.1. The first-order valence-electron chi connectivity index (χ1n) is 8.79. The molecule has 0 heterocycles. The Morgan fingerprint density at radius 3 is 1.15 bits per heavy atom. The van der Waals surface area contributed by atoms with Crippen molar-refractivity contribution in [3.8, 4) is 5.75 Å². The fraction of sp³-hybridized carbons (Fsp3) is 0.500. The van der Waals surface area contributed by atoms with Gasteiger partial charge in [0.25, 0.3) is 10.1 Å². The van der Waals surface area contributed by atoms with E-state index in [-0.39, 0.29) is 53.8 Å². The van der Waals surface area contributed by atoms with Crippen LogP contribution in [0.4, 0.5) is 83.4 Å². The molecule has 1 N–H and O–H groups in total. The molecule has 25 heteroatoms. The first-order chi connectivity index (χ1) is 17.2. The van der Waals surface area contributed by atoms with Crippen LogP contribution in [-0.4, -0.2) is 85.3 Å². The van der Waals surface area contributed by atoms with Gasteiger partial charge in [-0.1, -0.05) is 0 Å². The largest absolute Gasteiger partial charge is 0.454 e. The average Bonchev–Trinajstić information content (AvgIpc) is 2.65. The van der Waals surface area contributed by atoms with Crippen molar-refractivity contribution in [1.29, 1.82) is 0 Å². The van der Waals surface area contributed by atoms with Gasteiger partial charge >= 0.3 is 42.7 Å². The quantitative estimate of drug-likeness (QED) is 0.149. The predicted molar refractivity (Wildman–Crippen MR) is 92.3 cm³/mol. The monoisotopic (exact) mass is 677 g/mol. The van der Waals surface area contributed by atoms with Crippen molar-refractivity contribution >= 4 is 39.7 Å². The molecule has 1 radical (unpaired) electrons. The normalized spacial score (nSPS) is 15.7. The maximum absolute atomic E-state index is 14.1. The van der Waals surface area contributed by atoms with E-state index in [1.807, 2.05) is 0 Å². The minimum Gasteiger partial charge on any atom is -0.452 e. The third-order valence-electron chi connectivity index (χ3n) is 4.56. The number of rotatable bonds is 6. The van der Waals surface area contributed by atoms with Crippen LogP contribution in [0.3, 0.4) is 0 Å². The van der Waals surface area contributed by atoms with E-state index in [0.717, 1.165) is 0 Å². The molecule has 0 bridgehead atoms. The first kappa shape index (κ1) is 39.3. The standard InChI is InChI=1S/C16H5F19O4S.Na/c17-10(18,19)7(8(11(20,21)22)39-5-1-3-6(4-2-5)40(36,37)38)9(14(27,28)29,12(23,24)15(30,31)32)13(25,26)16(33,34)35;/h1-4H,(H,36,37,38);. The summed E-state index contributed by atoms with van der Waals surface area (Å²) in [5.41, 5.74) is -15.1. The van der Waals surface area contributed by atoms with Crippen LogP contribution in [0.2, 0.25) is 0 Å². The maximum Gasteiger partial charge on any atom is 0.454 e. The fourth-order valence-electron chi connectivity index (χ4n) is 2.99. The third kappa shape index (κ3) is 6.95. The van der Waals surface area contributed by atoms with Crippen LogP contribution in [0.25, 0.3) is 0 Å². The van der Waals surface area contributed by atoms with Gasteiger partial charge in [-0.25, -0.2) is 0 Å². The smallest absolute Gasteiger partial charge is 0.452 e. The molecule has 0 aromatic heterocycles. The molecular weight excluding hydrogens is 672 g/mol. The van der Waals surface area contributed by atoms with Crippen molar-refractivity contribution in [1.82, 2.24) is 0 Å². The van der Waals surface area contributed by atoms with Crippen molar-refractivity contribution in [3.05, 3.63) is 35.6 Å². The molecule has 0 saturated heterocycles. The van der Waals surface area contributed by atoms with E-state index in [2.05, 4.69) is 4.74 Å². The summed E-state index contributed by atoms with van der Waals surface area (Å²) in [6, 6.07) is -0.918. The number of allylic oxidation sites excluding steroid dienone is 2. The molecule has 1 aromatic carbocycles. The molecular formula is C16H5F19NaO4S. The topological polar surface area (TPSA) is 63.6 Å². The number of ether oxygens (including phenoxy) is 1. The van der Waals surface area contributed by atoms with Gasteiger partial charge in [-0.05, 0) is 24.3 Å². The van der Waals surface area contributed by atoms with Gasteiger partial charge in [0.2, 0.25) is 11.2 Å². The van der Waals surface area contributed by atoms with Crippen LogP contribution in [0.15, 0.2) is 40.5 Å². The van der Waals surface area contributed by atoms with Crippen LogP contribution in [0, 0.1) is 5.41 Å². The molecule has 1 aromatic rings. The first-order valence-corrected chi connectivity index (χ1v) is 10.2. The summed E-state index contributed by atoms with van der Waals surface area (Å²) >= 11 is 0. The predicted octanol–water partition coefficient (Wildman–Crippen LogP) is 7.25. The molecule has 41 heavy (non-hydrogen) atoms. The number of hydrogen-bond donors (Lipinski definition) is 1. The van der Waals surface area contributed by atoms with Crippen molar-refractivity contribution < 1.29 is 101 Å². The second-order valence-corrected chi connectivity index (χ2v) is 8.56. The van der Waals surface area contributed by atoms with Gasteiger partial charge < -0.3 is 4.74 Å². The molecule has 0 fully saturated rings. The van der Waals surface area contributed by atoms with Gasteiger partial charge in [0.05, 0.1) is 4.90 Å². The van der Waals surface area contributed by atoms with E-state index in [0.29, 0.717) is 0 Å². The molecule has 0 atom stereocenters. The number of hydrogen-bond acceptors (Lipinski definition) is 3. The van der Waals surface area contributed by atoms with Gasteiger partial charge in [-0.15, -0.1) is 0 Å². The Bertz CT molecular complexity index is 1190. The van der Waals surface area contributed by atoms with Crippen LogP contribution >= 0.6 is 0 Å². The zero-order valence-electron chi connectivity index (χ0n) is 18.6. The summed E-state index contributed by atoms with van der Waals surface area (Å²) in [6.07, 6.45) is -41.5. The molecule has 233 valence electrons. The summed E-state index contributed by atoms with van der Waals surface area (Å²) in [6.45, 7) is 0. The summed E-state index contributed by atoms with van der Waals surface area (Å²) in [5, 5.41) is 0. The zero-order valence-corrected chi connectivity index (χ0v) is 21.4. The van der Waals surface area contributed by atoms with E-state index in [9.17, 15) is 91.8 Å². The van der Waals surface area contributed by atoms with Crippen molar-refractivity contribution in [2.75, 3.05) is 0 Å². The number of halogens is 19. The molecule has 0 amide bonds. The van der Waals surface area contributed by atoms with Crippen LogP contribution < -0.4 is 4.74 Å². The van der Waals surface area contributed by atoms with Crippen molar-refractivity contribution in [2.45, 2.75) is 47.6 Å². The van der Waals surface area contributed by atoms with E-state index >= 15 is 0 Å². The van der Waals surface area contributed by atoms with Gasteiger partial charge in [0, 0.05) is 29.6 Å². The van der Waals surface area contributed by atoms with Crippen LogP contribution in [0.5, 0.6) is 5.75 Å². The average molecular weight is 677 g/mol. The molecule has 0 aliphatic carbocycles. The Morgan fingerprint density at radius 2 is 0.927 bits per heavy atom. The minimum absolute atomic E-state index is 0. The Kier molecular flexibility index (Phi) is 10.7. The molecule has 0 aliphatic rings. The summed E-state index contributed by atoms with van der Waals surface area (Å²) in [7, 11) is -5.30. The van der Waals surface area contributed by atoms with Crippen LogP contribution in [0.1, 0.15) is 0 Å². The molecule has 0 spiro atoms. The molecule has 0 unspecified atom stereocenters. The summed E-state index contributed by atoms with van der Waals surface area (Å²) < 4.78 is 290. The maximum atomic E-state index is 14.1. The third-order valence-corrected chi connectivity index (χ3v) is 5.43. The van der Waals surface area contributed by atoms with Gasteiger partial charge in [-0.2, -0.15) is 91.8 Å². The number of alkyl halides is 19. The van der Waals surface area contributed by atoms with E-state index in [1.54, 1.807) is 0 Å². The zero-order chi connectivity index (χ0) is 32.3. The van der Waals surface area contributed by atoms with E-state index in [1.165, 1.54) is 0 Å². The minimum atomic E-state index is -9.15. The van der Waals surface area contributed by atoms with Gasteiger partial charge in [0.1, 0.15) is 11.3 Å². The van der Waals surface area contributed by atoms with Crippen molar-refractivity contribution in [2.24, 2.45) is 5.41 Å². The molecule has 1 rings (SSSR count).